The van der Waals surface area contributed by atoms with Crippen LogP contribution in [0.5, 0.6) is 0 Å². The van der Waals surface area contributed by atoms with Crippen molar-refractivity contribution in [3.05, 3.63) is 106 Å². The van der Waals surface area contributed by atoms with E-state index in [1.807, 2.05) is 60.9 Å². The highest BCUT2D eigenvalue weighted by molar-refractivity contribution is 5.93. The molecule has 2 heterocycles. The van der Waals surface area contributed by atoms with E-state index >= 15 is 0 Å². The number of aliphatic carboxylic acids is 1. The molecule has 0 bridgehead atoms. The maximum absolute atomic E-state index is 11.3. The molecule has 5 heteroatoms. The summed E-state index contributed by atoms with van der Waals surface area (Å²) in [5.74, 6) is -1.06. The Kier molecular flexibility index (Phi) is 5.87. The summed E-state index contributed by atoms with van der Waals surface area (Å²) >= 11 is 0. The van der Waals surface area contributed by atoms with Crippen molar-refractivity contribution in [3.63, 3.8) is 0 Å². The second-order valence-corrected chi connectivity index (χ2v) is 7.81. The summed E-state index contributed by atoms with van der Waals surface area (Å²) in [6.07, 6.45) is 2.58. The summed E-state index contributed by atoms with van der Waals surface area (Å²) in [5, 5.41) is 20.0. The van der Waals surface area contributed by atoms with Gasteiger partial charge in [0.05, 0.1) is 11.3 Å². The number of pyridine rings is 1. The van der Waals surface area contributed by atoms with Gasteiger partial charge in [0.15, 0.2) is 0 Å². The number of benzene rings is 2. The van der Waals surface area contributed by atoms with Crippen LogP contribution in [0.4, 0.5) is 0 Å². The molecule has 0 aliphatic rings. The molecule has 0 fully saturated rings. The van der Waals surface area contributed by atoms with Crippen LogP contribution in [-0.2, 0) is 11.3 Å². The predicted octanol–water partition coefficient (Wildman–Crippen LogP) is 5.45. The zero-order valence-corrected chi connectivity index (χ0v) is 18.0. The smallest absolute Gasteiger partial charge is 0.328 e. The summed E-state index contributed by atoms with van der Waals surface area (Å²) in [7, 11) is 0. The Hall–Kier alpha value is -4.17. The van der Waals surface area contributed by atoms with Gasteiger partial charge in [-0.25, -0.2) is 9.78 Å². The van der Waals surface area contributed by atoms with Gasteiger partial charge in [-0.1, -0.05) is 60.7 Å². The maximum Gasteiger partial charge on any atom is 0.328 e. The molecular formula is C27H23N3O2. The normalized spacial score (nSPS) is 11.3. The zero-order chi connectivity index (χ0) is 22.7. The number of aryl methyl sites for hydroxylation is 2. The molecular weight excluding hydrogens is 398 g/mol. The third-order valence-electron chi connectivity index (χ3n) is 5.64. The lowest BCUT2D eigenvalue weighted by atomic mass is 9.91. The molecule has 2 aromatic heterocycles. The second-order valence-electron chi connectivity index (χ2n) is 7.81. The average Bonchev–Trinajstić information content (AvgIpc) is 3.09. The van der Waals surface area contributed by atoms with Crippen LogP contribution < -0.4 is 0 Å². The summed E-state index contributed by atoms with van der Waals surface area (Å²) in [6, 6.07) is 24.6. The van der Waals surface area contributed by atoms with Crippen LogP contribution >= 0.6 is 0 Å². The van der Waals surface area contributed by atoms with Crippen molar-refractivity contribution in [1.82, 2.24) is 9.55 Å². The number of carbonyl (C=O) groups is 1. The lowest BCUT2D eigenvalue weighted by molar-refractivity contribution is -0.131. The second kappa shape index (κ2) is 8.91. The molecule has 2 aromatic carbocycles. The minimum atomic E-state index is -1.06. The maximum atomic E-state index is 11.3. The number of aromatic nitrogens is 2. The molecule has 0 aliphatic heterocycles. The Balaban J connectivity index is 1.99. The van der Waals surface area contributed by atoms with Crippen molar-refractivity contribution in [2.45, 2.75) is 26.3 Å². The number of carboxylic acids is 1. The molecule has 0 aliphatic carbocycles. The fraction of sp³-hybridized carbons (Fsp3) is 0.148. The minimum absolute atomic E-state index is 0.000797. The Morgan fingerprint density at radius 3 is 2.22 bits per heavy atom. The van der Waals surface area contributed by atoms with Crippen molar-refractivity contribution in [3.8, 4) is 6.07 Å². The quantitative estimate of drug-likeness (QED) is 0.420. The Labute approximate surface area is 186 Å². The molecule has 0 atom stereocenters. The van der Waals surface area contributed by atoms with E-state index in [0.717, 1.165) is 33.8 Å². The first-order valence-corrected chi connectivity index (χ1v) is 10.4. The van der Waals surface area contributed by atoms with Crippen molar-refractivity contribution in [2.24, 2.45) is 0 Å². The molecule has 0 radical (unpaired) electrons. The lowest BCUT2D eigenvalue weighted by Crippen LogP contribution is -2.13. The van der Waals surface area contributed by atoms with Gasteiger partial charge in [-0.2, -0.15) is 5.26 Å². The molecule has 0 saturated carbocycles. The van der Waals surface area contributed by atoms with Crippen molar-refractivity contribution < 1.29 is 9.90 Å². The Morgan fingerprint density at radius 1 is 1.09 bits per heavy atom. The van der Waals surface area contributed by atoms with E-state index < -0.39 is 5.97 Å². The van der Waals surface area contributed by atoms with Gasteiger partial charge >= 0.3 is 5.97 Å². The topological polar surface area (TPSA) is 78.9 Å². The molecule has 32 heavy (non-hydrogen) atoms. The highest BCUT2D eigenvalue weighted by Crippen LogP contribution is 2.33. The summed E-state index contributed by atoms with van der Waals surface area (Å²) in [6.45, 7) is 4.40. The Bertz CT molecular complexity index is 1310. The molecule has 5 nitrogen and oxygen atoms in total. The summed E-state index contributed by atoms with van der Waals surface area (Å²) in [5.41, 5.74) is 5.77. The number of rotatable bonds is 6. The third-order valence-corrected chi connectivity index (χ3v) is 5.64. The van der Waals surface area contributed by atoms with Crippen LogP contribution in [0.1, 0.15) is 39.6 Å². The van der Waals surface area contributed by atoms with Crippen molar-refractivity contribution in [2.75, 3.05) is 0 Å². The van der Waals surface area contributed by atoms with E-state index in [1.165, 1.54) is 6.08 Å². The van der Waals surface area contributed by atoms with E-state index in [2.05, 4.69) is 30.3 Å². The van der Waals surface area contributed by atoms with Crippen LogP contribution in [0.3, 0.4) is 0 Å². The van der Waals surface area contributed by atoms with Crippen molar-refractivity contribution >= 4 is 23.1 Å². The van der Waals surface area contributed by atoms with Gasteiger partial charge in [-0.3, -0.25) is 0 Å². The first-order valence-electron chi connectivity index (χ1n) is 10.4. The van der Waals surface area contributed by atoms with Crippen LogP contribution in [-0.4, -0.2) is 20.6 Å². The molecule has 0 saturated heterocycles. The number of fused-ring (bicyclic) bond motifs is 1. The fourth-order valence-corrected chi connectivity index (χ4v) is 4.28. The SMILES string of the molecule is Cc1cc(C)c2c(C#N)c(C=CC(=O)O)n(CC(c3ccccc3)c3ccccc3)c2n1. The standard InChI is InChI=1S/C27H23N3O2/c1-18-15-19(2)29-27-26(18)22(16-28)24(13-14-25(31)32)30(27)17-23(20-9-5-3-6-10-20)21-11-7-4-8-12-21/h3-15,23H,17H2,1-2H3,(H,31,32). The molecule has 4 aromatic rings. The average molecular weight is 422 g/mol. The van der Waals surface area contributed by atoms with Gasteiger partial charge in [0, 0.05) is 29.6 Å². The third kappa shape index (κ3) is 4.03. The van der Waals surface area contributed by atoms with Gasteiger partial charge in [0.2, 0.25) is 0 Å². The Morgan fingerprint density at radius 2 is 1.69 bits per heavy atom. The zero-order valence-electron chi connectivity index (χ0n) is 18.0. The van der Waals surface area contributed by atoms with Crippen LogP contribution in [0.2, 0.25) is 0 Å². The first-order chi connectivity index (χ1) is 15.5. The summed E-state index contributed by atoms with van der Waals surface area (Å²) in [4.78, 5) is 16.1. The molecule has 158 valence electrons. The molecule has 0 unspecified atom stereocenters. The number of nitriles is 1. The van der Waals surface area contributed by atoms with E-state index in [0.29, 0.717) is 23.4 Å². The summed E-state index contributed by atoms with van der Waals surface area (Å²) < 4.78 is 1.98. The van der Waals surface area contributed by atoms with Gasteiger partial charge in [-0.05, 0) is 42.7 Å². The van der Waals surface area contributed by atoms with Crippen LogP contribution in [0.25, 0.3) is 17.1 Å². The monoisotopic (exact) mass is 421 g/mol. The number of hydrogen-bond acceptors (Lipinski definition) is 3. The van der Waals surface area contributed by atoms with Crippen LogP contribution in [0, 0.1) is 25.2 Å². The largest absolute Gasteiger partial charge is 0.478 e. The van der Waals surface area contributed by atoms with E-state index in [-0.39, 0.29) is 5.92 Å². The van der Waals surface area contributed by atoms with E-state index in [9.17, 15) is 15.2 Å². The highest BCUT2D eigenvalue weighted by atomic mass is 16.4. The van der Waals surface area contributed by atoms with Gasteiger partial charge in [0.1, 0.15) is 11.7 Å². The number of carboxylic acid groups (broad SMARTS) is 1. The van der Waals surface area contributed by atoms with Gasteiger partial charge in [-0.15, -0.1) is 0 Å². The molecule has 0 amide bonds. The lowest BCUT2D eigenvalue weighted by Gasteiger charge is -2.21. The fourth-order valence-electron chi connectivity index (χ4n) is 4.28. The van der Waals surface area contributed by atoms with Gasteiger partial charge in [0.25, 0.3) is 0 Å². The molecule has 0 spiro atoms. The number of hydrogen-bond donors (Lipinski definition) is 1. The number of nitrogens with zero attached hydrogens (tertiary/aromatic N) is 3. The predicted molar refractivity (Wildman–Crippen MR) is 125 cm³/mol. The minimum Gasteiger partial charge on any atom is -0.478 e. The molecule has 4 rings (SSSR count). The van der Waals surface area contributed by atoms with E-state index in [1.54, 1.807) is 0 Å². The molecule has 1 N–H and O–H groups in total. The van der Waals surface area contributed by atoms with Crippen LogP contribution in [0.15, 0.2) is 72.8 Å². The van der Waals surface area contributed by atoms with Crippen molar-refractivity contribution in [1.29, 1.82) is 5.26 Å². The first kappa shape index (κ1) is 21.1. The van der Waals surface area contributed by atoms with Gasteiger partial charge < -0.3 is 9.67 Å². The highest BCUT2D eigenvalue weighted by Gasteiger charge is 2.23. The van der Waals surface area contributed by atoms with E-state index in [4.69, 9.17) is 4.98 Å².